The first kappa shape index (κ1) is 15.1. The van der Waals surface area contributed by atoms with Crippen LogP contribution in [-0.2, 0) is 4.79 Å². The number of benzene rings is 1. The highest BCUT2D eigenvalue weighted by Crippen LogP contribution is 2.19. The van der Waals surface area contributed by atoms with Crippen molar-refractivity contribution in [3.05, 3.63) is 33.8 Å². The maximum absolute atomic E-state index is 10.1. The molecule has 0 saturated heterocycles. The Hall–Kier alpha value is -1.90. The molecule has 7 heteroatoms. The van der Waals surface area contributed by atoms with Gasteiger partial charge in [-0.2, -0.15) is 0 Å². The van der Waals surface area contributed by atoms with Gasteiger partial charge in [-0.1, -0.05) is 29.1 Å². The zero-order valence-electron chi connectivity index (χ0n) is 8.50. The number of halogens is 2. The molecule has 0 aliphatic carbocycles. The average molecular weight is 274 g/mol. The fourth-order valence-corrected chi connectivity index (χ4v) is 1.17. The largest absolute Gasteiger partial charge is 0.472 e. The van der Waals surface area contributed by atoms with Gasteiger partial charge in [0.15, 0.2) is 5.96 Å². The smallest absolute Gasteiger partial charge is 0.382 e. The summed E-state index contributed by atoms with van der Waals surface area (Å²) in [7, 11) is 0. The van der Waals surface area contributed by atoms with Gasteiger partial charge in [0.2, 0.25) is 0 Å². The number of carboxylic acids is 1. The summed E-state index contributed by atoms with van der Waals surface area (Å²) in [5.41, 5.74) is 9.40. The van der Waals surface area contributed by atoms with Gasteiger partial charge in [-0.3, -0.25) is 5.41 Å². The Morgan fingerprint density at radius 3 is 2.29 bits per heavy atom. The average Bonchev–Trinajstić information content (AvgIpc) is 2.15. The highest BCUT2D eigenvalue weighted by Gasteiger charge is 1.97. The lowest BCUT2D eigenvalue weighted by atomic mass is 10.2. The van der Waals surface area contributed by atoms with Crippen LogP contribution in [0.15, 0.2) is 18.2 Å². The van der Waals surface area contributed by atoms with Gasteiger partial charge < -0.3 is 16.6 Å². The predicted molar refractivity (Wildman–Crippen MR) is 67.1 cm³/mol. The normalized spacial score (nSPS) is 8.12. The number of nitrogens with two attached hydrogens (primary N) is 2. The minimum absolute atomic E-state index is 0.333. The van der Waals surface area contributed by atoms with Gasteiger partial charge in [-0.15, -0.1) is 0 Å². The van der Waals surface area contributed by atoms with E-state index in [0.29, 0.717) is 15.6 Å². The third kappa shape index (κ3) is 7.96. The summed E-state index contributed by atoms with van der Waals surface area (Å²) in [6, 6.07) is 4.68. The molecule has 0 aliphatic heterocycles. The van der Waals surface area contributed by atoms with Crippen LogP contribution in [0.25, 0.3) is 0 Å². The summed E-state index contributed by atoms with van der Waals surface area (Å²) >= 11 is 11.4. The lowest BCUT2D eigenvalue weighted by Crippen LogP contribution is -2.20. The van der Waals surface area contributed by atoms with Crippen molar-refractivity contribution < 1.29 is 9.90 Å². The van der Waals surface area contributed by atoms with E-state index in [-0.39, 0.29) is 5.96 Å². The minimum atomic E-state index is -1.19. The number of aliphatic carboxylic acids is 1. The fraction of sp³-hybridized carbons (Fsp3) is 0. The molecule has 0 fully saturated rings. The van der Waals surface area contributed by atoms with Crippen LogP contribution in [0.2, 0.25) is 10.0 Å². The van der Waals surface area contributed by atoms with E-state index in [9.17, 15) is 4.79 Å². The zero-order valence-corrected chi connectivity index (χ0v) is 10.0. The molecule has 1 rings (SSSR count). The van der Waals surface area contributed by atoms with Crippen molar-refractivity contribution in [1.82, 2.24) is 0 Å². The van der Waals surface area contributed by atoms with Crippen molar-refractivity contribution in [2.24, 2.45) is 11.5 Å². The Bertz CT molecular complexity index is 488. The molecule has 0 saturated carbocycles. The number of carbonyl (C=O) groups is 1. The summed E-state index contributed by atoms with van der Waals surface area (Å²) in [4.78, 5) is 10.1. The predicted octanol–water partition coefficient (Wildman–Crippen LogP) is 1.27. The second-order valence-corrected chi connectivity index (χ2v) is 3.48. The Balaban J connectivity index is 0.000000557. The maximum Gasteiger partial charge on any atom is 0.382 e. The van der Waals surface area contributed by atoms with Gasteiger partial charge in [-0.05, 0) is 18.2 Å². The second kappa shape index (κ2) is 7.39. The van der Waals surface area contributed by atoms with Crippen LogP contribution in [0.5, 0.6) is 0 Å². The van der Waals surface area contributed by atoms with Crippen LogP contribution < -0.4 is 11.5 Å². The highest BCUT2D eigenvalue weighted by atomic mass is 35.5. The molecule has 90 valence electrons. The maximum atomic E-state index is 10.1. The number of rotatable bonds is 0. The summed E-state index contributed by atoms with van der Waals surface area (Å²) in [6.07, 6.45) is 0. The third-order valence-corrected chi connectivity index (χ3v) is 1.78. The van der Waals surface area contributed by atoms with Gasteiger partial charge in [0.05, 0.1) is 5.02 Å². The van der Waals surface area contributed by atoms with E-state index in [2.05, 4.69) is 17.4 Å². The number of carboxylic acid groups (broad SMARTS) is 1. The van der Waals surface area contributed by atoms with E-state index in [1.165, 1.54) is 6.07 Å². The van der Waals surface area contributed by atoms with E-state index in [1.807, 2.05) is 5.92 Å². The molecule has 0 spiro atoms. The van der Waals surface area contributed by atoms with Gasteiger partial charge in [0.1, 0.15) is 0 Å². The molecular weight excluding hydrogens is 265 g/mol. The number of hydrogen-bond donors (Lipinski definition) is 4. The molecule has 0 radical (unpaired) electrons. The molecule has 6 N–H and O–H groups in total. The monoisotopic (exact) mass is 273 g/mol. The van der Waals surface area contributed by atoms with Crippen LogP contribution in [0, 0.1) is 17.3 Å². The van der Waals surface area contributed by atoms with Crippen LogP contribution in [-0.4, -0.2) is 17.0 Å². The Morgan fingerprint density at radius 1 is 1.35 bits per heavy atom. The van der Waals surface area contributed by atoms with E-state index in [0.717, 1.165) is 0 Å². The van der Waals surface area contributed by atoms with E-state index in [4.69, 9.17) is 33.7 Å². The molecule has 0 atom stereocenters. The topological polar surface area (TPSA) is 113 Å². The zero-order chi connectivity index (χ0) is 13.4. The lowest BCUT2D eigenvalue weighted by Gasteiger charge is -1.94. The first-order valence-electron chi connectivity index (χ1n) is 4.12. The first-order chi connectivity index (χ1) is 7.82. The Labute approximate surface area is 108 Å². The van der Waals surface area contributed by atoms with Crippen molar-refractivity contribution in [2.45, 2.75) is 0 Å². The molecule has 0 aromatic heterocycles. The Morgan fingerprint density at radius 2 is 1.88 bits per heavy atom. The molecule has 0 unspecified atom stereocenters. The van der Waals surface area contributed by atoms with Gasteiger partial charge >= 0.3 is 5.97 Å². The quantitative estimate of drug-likeness (QED) is 0.324. The van der Waals surface area contributed by atoms with Gasteiger partial charge in [0, 0.05) is 16.5 Å². The summed E-state index contributed by atoms with van der Waals surface area (Å²) in [5.74, 6) is 2.84. The summed E-state index contributed by atoms with van der Waals surface area (Å²) in [5, 5.41) is 15.2. The van der Waals surface area contributed by atoms with Crippen LogP contribution >= 0.6 is 23.2 Å². The number of guanidine groups is 1. The molecule has 1 aromatic rings. The third-order valence-electron chi connectivity index (χ3n) is 1.24. The van der Waals surface area contributed by atoms with E-state index < -0.39 is 5.97 Å². The molecule has 0 aliphatic rings. The van der Waals surface area contributed by atoms with E-state index in [1.54, 1.807) is 12.1 Å². The van der Waals surface area contributed by atoms with Crippen molar-refractivity contribution in [3.8, 4) is 11.8 Å². The van der Waals surface area contributed by atoms with Crippen LogP contribution in [0.1, 0.15) is 5.56 Å². The molecule has 0 amide bonds. The van der Waals surface area contributed by atoms with Gasteiger partial charge in [-0.25, -0.2) is 4.79 Å². The summed E-state index contributed by atoms with van der Waals surface area (Å²) < 4.78 is 0. The fourth-order valence-electron chi connectivity index (χ4n) is 0.712. The van der Waals surface area contributed by atoms with E-state index >= 15 is 0 Å². The lowest BCUT2D eigenvalue weighted by molar-refractivity contribution is -0.130. The minimum Gasteiger partial charge on any atom is -0.472 e. The number of hydrogen-bond acceptors (Lipinski definition) is 2. The first-order valence-corrected chi connectivity index (χ1v) is 4.88. The second-order valence-electron chi connectivity index (χ2n) is 2.63. The molecule has 5 nitrogen and oxygen atoms in total. The van der Waals surface area contributed by atoms with Gasteiger partial charge in [0.25, 0.3) is 0 Å². The van der Waals surface area contributed by atoms with Crippen molar-refractivity contribution in [1.29, 1.82) is 5.41 Å². The molecular formula is C10H9Cl2N3O2. The SMILES string of the molecule is N=C(N)N.O=C(O)C#Cc1ccc(Cl)cc1Cl. The van der Waals surface area contributed by atoms with Crippen molar-refractivity contribution in [2.75, 3.05) is 0 Å². The van der Waals surface area contributed by atoms with Crippen LogP contribution in [0.3, 0.4) is 0 Å². The summed E-state index contributed by atoms with van der Waals surface area (Å²) in [6.45, 7) is 0. The standard InChI is InChI=1S/C9H4Cl2O2.CH5N3/c10-7-3-1-6(8(11)5-7)2-4-9(12)13;2-1(3)4/h1,3,5H,(H,12,13);(H5,2,3,4). The molecule has 0 heterocycles. The highest BCUT2D eigenvalue weighted by molar-refractivity contribution is 6.35. The molecule has 0 bridgehead atoms. The van der Waals surface area contributed by atoms with Crippen molar-refractivity contribution >= 4 is 35.1 Å². The number of nitrogens with one attached hydrogen (secondary N) is 1. The molecule has 17 heavy (non-hydrogen) atoms. The molecule has 1 aromatic carbocycles. The van der Waals surface area contributed by atoms with Crippen LogP contribution in [0.4, 0.5) is 0 Å². The van der Waals surface area contributed by atoms with Crippen molar-refractivity contribution in [3.63, 3.8) is 0 Å². The Kier molecular flexibility index (Phi) is 6.56.